The van der Waals surface area contributed by atoms with Crippen LogP contribution in [-0.2, 0) is 70.1 Å². The highest BCUT2D eigenvalue weighted by atomic mass is 31.2. The van der Waals surface area contributed by atoms with Crippen molar-refractivity contribution < 1.29 is 112 Å². The summed E-state index contributed by atoms with van der Waals surface area (Å²) in [6.07, 6.45) is -17.4. The number of nitrogens with two attached hydrogens (primary N) is 6. The number of nitrogen functional groups attached to an aromatic ring is 3. The zero-order valence-electron chi connectivity index (χ0n) is 70.4. The molecule has 9 rings (SSSR count). The number of ether oxygens (including phenoxy) is 6. The van der Waals surface area contributed by atoms with Crippen molar-refractivity contribution in [3.05, 3.63) is 147 Å². The molecule has 6 aromatic rings. The molecule has 3 aromatic heterocycles. The third-order valence-electron chi connectivity index (χ3n) is 16.2. The lowest BCUT2D eigenvalue weighted by atomic mass is 9.91. The van der Waals surface area contributed by atoms with E-state index < -0.39 is 216 Å². The van der Waals surface area contributed by atoms with Crippen LogP contribution in [0.25, 0.3) is 0 Å². The lowest BCUT2D eigenvalue weighted by Gasteiger charge is -2.28. The summed E-state index contributed by atoms with van der Waals surface area (Å²) in [4.78, 5) is 89.1. The van der Waals surface area contributed by atoms with E-state index in [1.165, 1.54) is 77.9 Å². The van der Waals surface area contributed by atoms with Gasteiger partial charge in [-0.05, 0) is 98.7 Å². The lowest BCUT2D eigenvalue weighted by Crippen LogP contribution is -2.55. The van der Waals surface area contributed by atoms with Crippen LogP contribution in [0.3, 0.4) is 0 Å². The summed E-state index contributed by atoms with van der Waals surface area (Å²) in [5.41, 5.74) is 25.9. The SMILES string of the molecule is [2H]C([2H])(O[P@@](=O)(C[C@@H](C)C(=O)OC(C)C)Oc1ccccc1)[C@H]1O[C@@H](n2cc(F)c(N)nc2=O)C(N)(C#CC)[C@H]1O.[2H]C([2H])(O[P@@](=O)(C[C@@H](C)C(=O)OC(C)C)Oc1ccccc1)[C@H]1O[C@@H](n2cnc(N)nc2=O)C(N)(C#CC)[C@H]1O.[2H]C([2H])(O[P@@](=O)(C[C@@H](C)C(=O)OC(C)C)Oc1ccccc1)[C@H]1O[C@@H](n2ncc(N)nc2=O)C(N)(C#CC)[C@H]1O. The molecule has 0 amide bonds. The van der Waals surface area contributed by atoms with Crippen molar-refractivity contribution in [2.24, 2.45) is 35.0 Å². The van der Waals surface area contributed by atoms with E-state index >= 15 is 0 Å². The first-order valence-corrected chi connectivity index (χ1v) is 40.3. The van der Waals surface area contributed by atoms with Crippen LogP contribution in [0.1, 0.15) is 110 Å². The standard InChI is InChI=1S/C25H32FN4O8P.2C24H32N5O8P/c1-5-11-25(28)20(31)19(37-23(25)30-12-18(26)21(27)29-24(30)33)13-35-39(34,38-17-9-7-6-8-10-17)14-16(4)22(32)36-15(2)3;1-5-11-24(26)20(30)18(36-22(24)29-23(32)28-19(25)12-27-29)13-34-38(33,37-17-9-7-6-8-10-17)14-16(4)21(31)35-15(2)3;1-5-11-24(26)19(30)18(36-21(24)29-14-27-22(25)28-23(29)32)12-34-38(33,37-17-9-7-6-8-10-17)13-16(4)20(31)35-15(2)3/h6-10,12,15-16,19-20,23,31H,13-14,28H2,1-4H3,(H2,27,29,33);6-10,12,15-16,18,20,22,30H,13-14,26H2,1-4H3,(H2,25,28,32);6-10,14-16,18-19,21,30H,12-13,26H2,1-4H3,(H2,25,28,32)/t16-,19-,20+,23-,25?,39+;16-,18-,20+,22-,24?,38+;16-,18-,19+,21-,24?,38+/m111/s1/i2*13D2;12D2. The molecule has 3 aromatic carbocycles. The van der Waals surface area contributed by atoms with E-state index in [-0.39, 0.29) is 29.0 Å². The zero-order valence-corrected chi connectivity index (χ0v) is 67.0. The smallest absolute Gasteiger partial charge is 0.380 e. The summed E-state index contributed by atoms with van der Waals surface area (Å²) >= 11 is 0. The maximum atomic E-state index is 14.2. The third-order valence-corrected chi connectivity index (χ3v) is 21.8. The summed E-state index contributed by atoms with van der Waals surface area (Å²) in [6, 6.07) is 23.3. The molecule has 0 radical (unpaired) electrons. The second kappa shape index (κ2) is 40.2. The summed E-state index contributed by atoms with van der Waals surface area (Å²) < 4.78 is 176. The van der Waals surface area contributed by atoms with Gasteiger partial charge >= 0.3 is 57.8 Å². The Kier molecular flexibility index (Phi) is 29.0. The normalized spacial score (nSPS) is 26.2. The molecule has 3 aliphatic heterocycles. The minimum atomic E-state index is -4.57. The number of anilines is 3. The number of aromatic nitrogens is 8. The molecular weight excluding hydrogens is 1570 g/mol. The predicted octanol–water partition coefficient (Wildman–Crippen LogP) is 3.97. The van der Waals surface area contributed by atoms with Crippen LogP contribution in [0.15, 0.2) is 124 Å². The molecule has 3 aliphatic rings. The Balaban J connectivity index is 0.000000250. The van der Waals surface area contributed by atoms with Crippen molar-refractivity contribution in [1.82, 2.24) is 38.9 Å². The largest absolute Gasteiger partial charge is 0.463 e. The average Bonchev–Trinajstić information content (AvgIpc) is 1.59. The number of nitrogens with zero attached hydrogens (tertiary/aromatic N) is 8. The van der Waals surface area contributed by atoms with Crippen LogP contribution in [0.5, 0.6) is 17.2 Å². The molecule has 38 nitrogen and oxygen atoms in total. The minimum absolute atomic E-state index is 0.0434. The van der Waals surface area contributed by atoms with Gasteiger partial charge in [-0.2, -0.15) is 24.7 Å². The number of aliphatic hydroxyl groups excluding tert-OH is 3. The number of carbonyl (C=O) groups excluding carboxylic acids is 3. The highest BCUT2D eigenvalue weighted by Gasteiger charge is 2.58. The van der Waals surface area contributed by atoms with Crippen molar-refractivity contribution >= 4 is 58.3 Å². The van der Waals surface area contributed by atoms with Crippen LogP contribution in [0.4, 0.5) is 22.0 Å². The highest BCUT2D eigenvalue weighted by molar-refractivity contribution is 7.55. The molecule has 0 spiro atoms. The topological polar surface area (TPSA) is 560 Å². The summed E-state index contributed by atoms with van der Waals surface area (Å²) in [5, 5.41) is 37.3. The van der Waals surface area contributed by atoms with Gasteiger partial charge in [0.15, 0.2) is 46.9 Å². The van der Waals surface area contributed by atoms with Gasteiger partial charge in [0.2, 0.25) is 5.95 Å². The van der Waals surface area contributed by atoms with Crippen molar-refractivity contribution in [2.75, 3.05) is 55.4 Å². The van der Waals surface area contributed by atoms with Crippen LogP contribution < -0.4 is 65.0 Å². The molecule has 15 N–H and O–H groups in total. The molecule has 0 aliphatic carbocycles. The van der Waals surface area contributed by atoms with E-state index in [0.717, 1.165) is 17.1 Å². The Morgan fingerprint density at radius 1 is 0.530 bits per heavy atom. The van der Waals surface area contributed by atoms with E-state index in [2.05, 4.69) is 60.6 Å². The van der Waals surface area contributed by atoms with Crippen LogP contribution in [-0.4, -0.2) is 182 Å². The fourth-order valence-corrected chi connectivity index (χ4v) is 16.0. The first kappa shape index (κ1) is 83.1. The minimum Gasteiger partial charge on any atom is -0.463 e. The van der Waals surface area contributed by atoms with Crippen molar-refractivity contribution in [1.29, 1.82) is 0 Å². The van der Waals surface area contributed by atoms with Gasteiger partial charge in [-0.25, -0.2) is 37.5 Å². The predicted molar refractivity (Wildman–Crippen MR) is 413 cm³/mol. The number of para-hydroxylation sites is 3. The maximum absolute atomic E-state index is 14.2. The Morgan fingerprint density at radius 2 is 0.861 bits per heavy atom. The fraction of sp³-hybridized carbons (Fsp3) is 0.493. The number of hydrogen-bond donors (Lipinski definition) is 9. The molecule has 42 heteroatoms. The van der Waals surface area contributed by atoms with Crippen molar-refractivity contribution in [3.63, 3.8) is 0 Å². The summed E-state index contributed by atoms with van der Waals surface area (Å²) in [5.74, 6) is 7.71. The third kappa shape index (κ3) is 24.2. The van der Waals surface area contributed by atoms with Gasteiger partial charge < -0.3 is 91.7 Å². The second-order valence-electron chi connectivity index (χ2n) is 26.8. The summed E-state index contributed by atoms with van der Waals surface area (Å²) in [7, 11) is -13.6. The number of halogens is 1. The molecule has 6 heterocycles. The van der Waals surface area contributed by atoms with Crippen LogP contribution in [0.2, 0.25) is 0 Å². The van der Waals surface area contributed by atoms with Crippen LogP contribution in [0, 0.1) is 59.1 Å². The molecule has 18 atom stereocenters. The monoisotopic (exact) mass is 1670 g/mol. The molecule has 3 fully saturated rings. The van der Waals surface area contributed by atoms with Gasteiger partial charge in [0.1, 0.15) is 66.0 Å². The van der Waals surface area contributed by atoms with Crippen molar-refractivity contribution in [2.45, 2.75) is 173 Å². The van der Waals surface area contributed by atoms with E-state index in [4.69, 9.17) is 98.2 Å². The van der Waals surface area contributed by atoms with Gasteiger partial charge in [0.25, 0.3) is 0 Å². The summed E-state index contributed by atoms with van der Waals surface area (Å²) in [6.45, 7) is 9.01. The Hall–Kier alpha value is -9.81. The van der Waals surface area contributed by atoms with Crippen molar-refractivity contribution in [3.8, 4) is 52.8 Å². The molecule has 3 unspecified atom stereocenters. The quantitative estimate of drug-likeness (QED) is 0.0133. The lowest BCUT2D eigenvalue weighted by molar-refractivity contribution is -0.152. The Morgan fingerprint density at radius 3 is 1.19 bits per heavy atom. The molecule has 115 heavy (non-hydrogen) atoms. The average molecular weight is 1670 g/mol. The number of benzene rings is 3. The number of aliphatic hydroxyl groups is 3. The maximum Gasteiger partial charge on any atom is 0.380 e. The van der Waals surface area contributed by atoms with Gasteiger partial charge in [-0.15, -0.1) is 17.8 Å². The number of rotatable bonds is 30. The van der Waals surface area contributed by atoms with Gasteiger partial charge in [-0.1, -0.05) is 93.1 Å². The number of hydrogen-bond acceptors (Lipinski definition) is 35. The van der Waals surface area contributed by atoms with Gasteiger partial charge in [-0.3, -0.25) is 37.1 Å². The van der Waals surface area contributed by atoms with Gasteiger partial charge in [0.05, 0.1) is 94.8 Å². The zero-order chi connectivity index (χ0) is 90.5. The number of carbonyl (C=O) groups is 3. The molecule has 3 saturated heterocycles. The first-order valence-electron chi connectivity index (χ1n) is 38.2. The second-order valence-corrected chi connectivity index (χ2v) is 32.7. The molecule has 0 saturated carbocycles. The molecule has 624 valence electrons. The molecule has 0 bridgehead atoms. The Bertz CT molecular complexity index is 5000. The Labute approximate surface area is 669 Å². The molecular formula is C73H96FN14O24P3. The van der Waals surface area contributed by atoms with Gasteiger partial charge in [0, 0.05) is 0 Å². The van der Waals surface area contributed by atoms with E-state index in [1.54, 1.807) is 96.1 Å². The van der Waals surface area contributed by atoms with E-state index in [0.29, 0.717) is 15.4 Å². The highest BCUT2D eigenvalue weighted by Crippen LogP contribution is 2.54. The van der Waals surface area contributed by atoms with E-state index in [9.17, 15) is 62.2 Å². The first-order chi connectivity index (χ1) is 56.3. The van der Waals surface area contributed by atoms with Crippen LogP contribution >= 0.6 is 22.8 Å². The number of esters is 3. The fourth-order valence-electron chi connectivity index (χ4n) is 10.9. The van der Waals surface area contributed by atoms with E-state index in [1.807, 2.05) is 0 Å².